The molecule has 0 saturated carbocycles. The van der Waals surface area contributed by atoms with Gasteiger partial charge in [-0.1, -0.05) is 32.9 Å². The second-order valence-electron chi connectivity index (χ2n) is 7.22. The fourth-order valence-electron chi connectivity index (χ4n) is 3.46. The average molecular weight is 352 g/mol. The minimum atomic E-state index is 0.0113. The third-order valence-electron chi connectivity index (χ3n) is 5.07. The van der Waals surface area contributed by atoms with Crippen molar-refractivity contribution in [2.45, 2.75) is 58.4 Å². The maximum atomic E-state index is 12.9. The lowest BCUT2D eigenvalue weighted by molar-refractivity contribution is 0.0602. The molecule has 1 aromatic carbocycles. The maximum absolute atomic E-state index is 12.9. The largest absolute Gasteiger partial charge is 0.334 e. The zero-order valence-electron chi connectivity index (χ0n) is 15.9. The van der Waals surface area contributed by atoms with E-state index in [-0.39, 0.29) is 5.91 Å². The van der Waals surface area contributed by atoms with E-state index in [1.165, 1.54) is 12.0 Å². The molecule has 5 heteroatoms. The summed E-state index contributed by atoms with van der Waals surface area (Å²) in [7, 11) is 0. The van der Waals surface area contributed by atoms with Gasteiger partial charge < -0.3 is 10.2 Å². The van der Waals surface area contributed by atoms with E-state index in [9.17, 15) is 4.79 Å². The molecule has 26 heavy (non-hydrogen) atoms. The molecule has 1 saturated heterocycles. The summed E-state index contributed by atoms with van der Waals surface area (Å²) in [6, 6.07) is 10.3. The van der Waals surface area contributed by atoms with E-state index in [0.717, 1.165) is 31.5 Å². The predicted octanol–water partition coefficient (Wildman–Crippen LogP) is 4.75. The fraction of sp³-hybridized carbons (Fsp3) is 0.476. The molecule has 1 N–H and O–H groups in total. The summed E-state index contributed by atoms with van der Waals surface area (Å²) < 4.78 is 0. The van der Waals surface area contributed by atoms with Crippen molar-refractivity contribution in [1.29, 1.82) is 0 Å². The van der Waals surface area contributed by atoms with Crippen LogP contribution in [-0.2, 0) is 0 Å². The Balaban J connectivity index is 1.74. The van der Waals surface area contributed by atoms with Crippen LogP contribution in [-0.4, -0.2) is 33.4 Å². The summed E-state index contributed by atoms with van der Waals surface area (Å²) in [6.07, 6.45) is 5.99. The van der Waals surface area contributed by atoms with Crippen molar-refractivity contribution in [1.82, 2.24) is 14.9 Å². The molecule has 1 amide bonds. The van der Waals surface area contributed by atoms with Crippen molar-refractivity contribution in [3.8, 4) is 0 Å². The number of amides is 1. The normalized spacial score (nSPS) is 17.4. The molecular weight excluding hydrogens is 324 g/mol. The molecule has 1 aromatic heterocycles. The van der Waals surface area contributed by atoms with Gasteiger partial charge in [-0.15, -0.1) is 0 Å². The number of piperidine rings is 1. The van der Waals surface area contributed by atoms with Crippen LogP contribution in [0.25, 0.3) is 0 Å². The smallest absolute Gasteiger partial charge is 0.272 e. The number of aromatic nitrogens is 2. The van der Waals surface area contributed by atoms with Crippen LogP contribution in [0.15, 0.2) is 36.5 Å². The summed E-state index contributed by atoms with van der Waals surface area (Å²) in [6.45, 7) is 7.31. The molecule has 1 fully saturated rings. The fourth-order valence-corrected chi connectivity index (χ4v) is 3.46. The van der Waals surface area contributed by atoms with Gasteiger partial charge in [0.1, 0.15) is 5.69 Å². The van der Waals surface area contributed by atoms with Gasteiger partial charge in [0.05, 0.1) is 0 Å². The molecule has 2 aromatic rings. The molecule has 1 atom stereocenters. The lowest BCUT2D eigenvalue weighted by Gasteiger charge is -2.35. The molecule has 1 aliphatic rings. The lowest BCUT2D eigenvalue weighted by atomic mass is 9.99. The van der Waals surface area contributed by atoms with Crippen molar-refractivity contribution in [3.63, 3.8) is 0 Å². The Bertz CT molecular complexity index is 742. The van der Waals surface area contributed by atoms with Gasteiger partial charge in [-0.2, -0.15) is 0 Å². The number of likely N-dealkylation sites (tertiary alicyclic amines) is 1. The number of carbonyl (C=O) groups excluding carboxylic acids is 1. The van der Waals surface area contributed by atoms with Gasteiger partial charge in [-0.25, -0.2) is 9.97 Å². The second-order valence-corrected chi connectivity index (χ2v) is 7.22. The molecule has 0 aliphatic carbocycles. The number of nitrogens with one attached hydrogen (secondary N) is 1. The number of rotatable bonds is 5. The summed E-state index contributed by atoms with van der Waals surface area (Å²) >= 11 is 0. The lowest BCUT2D eigenvalue weighted by Crippen LogP contribution is -2.43. The van der Waals surface area contributed by atoms with Crippen LogP contribution in [0.5, 0.6) is 0 Å². The Kier molecular flexibility index (Phi) is 5.86. The summed E-state index contributed by atoms with van der Waals surface area (Å²) in [4.78, 5) is 23.6. The average Bonchev–Trinajstić information content (AvgIpc) is 2.68. The molecule has 0 spiro atoms. The van der Waals surface area contributed by atoms with Crippen molar-refractivity contribution < 1.29 is 4.79 Å². The van der Waals surface area contributed by atoms with Crippen molar-refractivity contribution >= 4 is 17.5 Å². The molecule has 2 heterocycles. The molecule has 1 aliphatic heterocycles. The minimum Gasteiger partial charge on any atom is -0.334 e. The first-order chi connectivity index (χ1) is 12.6. The first-order valence-electron chi connectivity index (χ1n) is 9.59. The number of benzene rings is 1. The van der Waals surface area contributed by atoms with Crippen LogP contribution in [0.3, 0.4) is 0 Å². The highest BCUT2D eigenvalue weighted by Gasteiger charge is 2.27. The summed E-state index contributed by atoms with van der Waals surface area (Å²) in [5.41, 5.74) is 2.67. The topological polar surface area (TPSA) is 58.1 Å². The second kappa shape index (κ2) is 8.30. The SMILES string of the molecule is CCC1CCCCN1C(=O)c1ccnc(Nc2ccc(C(C)C)cc2)n1. The van der Waals surface area contributed by atoms with Crippen LogP contribution in [0.1, 0.15) is 68.4 Å². The van der Waals surface area contributed by atoms with Crippen molar-refractivity contribution in [2.24, 2.45) is 0 Å². The number of anilines is 2. The Labute approximate surface area is 155 Å². The Morgan fingerprint density at radius 2 is 2.00 bits per heavy atom. The first-order valence-corrected chi connectivity index (χ1v) is 9.59. The van der Waals surface area contributed by atoms with E-state index in [2.05, 4.69) is 48.2 Å². The predicted molar refractivity (Wildman–Crippen MR) is 105 cm³/mol. The Hall–Kier alpha value is -2.43. The first kappa shape index (κ1) is 18.4. The van der Waals surface area contributed by atoms with Crippen LogP contribution in [0.4, 0.5) is 11.6 Å². The van der Waals surface area contributed by atoms with Gasteiger partial charge >= 0.3 is 0 Å². The zero-order chi connectivity index (χ0) is 18.5. The number of hydrogen-bond acceptors (Lipinski definition) is 4. The van der Waals surface area contributed by atoms with E-state index < -0.39 is 0 Å². The maximum Gasteiger partial charge on any atom is 0.272 e. The monoisotopic (exact) mass is 352 g/mol. The van der Waals surface area contributed by atoms with Gasteiger partial charge in [0, 0.05) is 24.5 Å². The Morgan fingerprint density at radius 3 is 2.69 bits per heavy atom. The van der Waals surface area contributed by atoms with E-state index in [4.69, 9.17) is 0 Å². The summed E-state index contributed by atoms with van der Waals surface area (Å²) in [5.74, 6) is 0.965. The number of carbonyl (C=O) groups is 1. The highest BCUT2D eigenvalue weighted by molar-refractivity contribution is 5.92. The Morgan fingerprint density at radius 1 is 1.23 bits per heavy atom. The third-order valence-corrected chi connectivity index (χ3v) is 5.07. The van der Waals surface area contributed by atoms with Crippen molar-refractivity contribution in [2.75, 3.05) is 11.9 Å². The van der Waals surface area contributed by atoms with Crippen LogP contribution in [0.2, 0.25) is 0 Å². The van der Waals surface area contributed by atoms with Gasteiger partial charge in [-0.05, 0) is 55.4 Å². The molecular formula is C21H28N4O. The van der Waals surface area contributed by atoms with Gasteiger partial charge in [0.2, 0.25) is 5.95 Å². The van der Waals surface area contributed by atoms with E-state index in [1.54, 1.807) is 12.3 Å². The molecule has 5 nitrogen and oxygen atoms in total. The number of hydrogen-bond donors (Lipinski definition) is 1. The standard InChI is InChI=1S/C21H28N4O/c1-4-18-7-5-6-14-25(18)20(26)19-12-13-22-21(24-19)23-17-10-8-16(9-11-17)15(2)3/h8-13,15,18H,4-7,14H2,1-3H3,(H,22,23,24). The number of nitrogens with zero attached hydrogens (tertiary/aromatic N) is 3. The van der Waals surface area contributed by atoms with Gasteiger partial charge in [0.25, 0.3) is 5.91 Å². The highest BCUT2D eigenvalue weighted by Crippen LogP contribution is 2.22. The van der Waals surface area contributed by atoms with E-state index in [0.29, 0.717) is 23.6 Å². The van der Waals surface area contributed by atoms with Gasteiger partial charge in [0.15, 0.2) is 0 Å². The zero-order valence-corrected chi connectivity index (χ0v) is 15.9. The quantitative estimate of drug-likeness (QED) is 0.844. The third kappa shape index (κ3) is 4.21. The minimum absolute atomic E-state index is 0.0113. The molecule has 0 radical (unpaired) electrons. The van der Waals surface area contributed by atoms with Gasteiger partial charge in [-0.3, -0.25) is 4.79 Å². The molecule has 138 valence electrons. The molecule has 3 rings (SSSR count). The highest BCUT2D eigenvalue weighted by atomic mass is 16.2. The van der Waals surface area contributed by atoms with Crippen LogP contribution < -0.4 is 5.32 Å². The molecule has 0 bridgehead atoms. The van der Waals surface area contributed by atoms with E-state index >= 15 is 0 Å². The van der Waals surface area contributed by atoms with Crippen molar-refractivity contribution in [3.05, 3.63) is 47.8 Å². The van der Waals surface area contributed by atoms with Crippen LogP contribution >= 0.6 is 0 Å². The summed E-state index contributed by atoms with van der Waals surface area (Å²) in [5, 5.41) is 3.20. The van der Waals surface area contributed by atoms with Crippen LogP contribution in [0, 0.1) is 0 Å². The van der Waals surface area contributed by atoms with E-state index in [1.807, 2.05) is 17.0 Å². The molecule has 1 unspecified atom stereocenters.